The molecule has 15 heteroatoms. The molecule has 1 unspecified atom stereocenters. The molecule has 9 nitrogen and oxygen atoms in total. The van der Waals surface area contributed by atoms with E-state index in [2.05, 4.69) is 15.3 Å². The number of nitrogens with zero attached hydrogens (tertiary/aromatic N) is 3. The van der Waals surface area contributed by atoms with Crippen LogP contribution in [0.3, 0.4) is 0 Å². The average Bonchev–Trinajstić information content (AvgIpc) is 3.47. The number of benzene rings is 2. The molecule has 47 heavy (non-hydrogen) atoms. The number of hydrogen-bond donors (Lipinski definition) is 2. The summed E-state index contributed by atoms with van der Waals surface area (Å²) in [7, 11) is 1.58. The van der Waals surface area contributed by atoms with Crippen molar-refractivity contribution in [2.75, 3.05) is 30.9 Å². The Hall–Kier alpha value is -4.76. The third kappa shape index (κ3) is 8.34. The fourth-order valence-corrected chi connectivity index (χ4v) is 5.98. The van der Waals surface area contributed by atoms with Crippen LogP contribution >= 0.6 is 11.8 Å². The first-order valence-electron chi connectivity index (χ1n) is 14.2. The van der Waals surface area contributed by atoms with Gasteiger partial charge in [-0.25, -0.2) is 13.6 Å². The Labute approximate surface area is 270 Å². The molecule has 1 atom stereocenters. The van der Waals surface area contributed by atoms with Crippen molar-refractivity contribution in [1.82, 2.24) is 14.9 Å². The Balaban J connectivity index is 1.22. The molecule has 5 rings (SSSR count). The zero-order valence-electron chi connectivity index (χ0n) is 25.0. The number of alkyl halides is 3. The van der Waals surface area contributed by atoms with Crippen molar-refractivity contribution >= 4 is 35.1 Å². The van der Waals surface area contributed by atoms with E-state index in [9.17, 15) is 27.2 Å². The normalized spacial score (nSPS) is 14.0. The highest BCUT2D eigenvalue weighted by Crippen LogP contribution is 2.50. The molecule has 2 aromatic heterocycles. The van der Waals surface area contributed by atoms with Crippen LogP contribution in [-0.2, 0) is 28.7 Å². The molecule has 0 bridgehead atoms. The Morgan fingerprint density at radius 2 is 1.81 bits per heavy atom. The molecule has 3 heterocycles. The van der Waals surface area contributed by atoms with Gasteiger partial charge in [-0.2, -0.15) is 13.2 Å². The molecule has 3 amide bonds. The summed E-state index contributed by atoms with van der Waals surface area (Å²) >= 11 is 1.47. The number of amides is 3. The van der Waals surface area contributed by atoms with Gasteiger partial charge in [0.1, 0.15) is 11.6 Å². The number of carbonyl (C=O) groups excluding carboxylic acids is 2. The van der Waals surface area contributed by atoms with E-state index in [0.29, 0.717) is 50.1 Å². The van der Waals surface area contributed by atoms with Gasteiger partial charge in [-0.3, -0.25) is 14.8 Å². The summed E-state index contributed by atoms with van der Waals surface area (Å²) in [5, 5.41) is 4.18. The number of hydrogen-bond acceptors (Lipinski definition) is 7. The second-order valence-corrected chi connectivity index (χ2v) is 11.7. The van der Waals surface area contributed by atoms with Gasteiger partial charge >= 0.3 is 12.2 Å². The molecular formula is C32H28F5N5O4S. The molecule has 0 saturated heterocycles. The van der Waals surface area contributed by atoms with Crippen LogP contribution in [0.5, 0.6) is 11.5 Å². The first kappa shape index (κ1) is 33.6. The fourth-order valence-electron chi connectivity index (χ4n) is 4.70. The third-order valence-corrected chi connectivity index (χ3v) is 8.46. The zero-order chi connectivity index (χ0) is 33.7. The van der Waals surface area contributed by atoms with E-state index in [0.717, 1.165) is 27.9 Å². The van der Waals surface area contributed by atoms with Crippen molar-refractivity contribution < 1.29 is 41.0 Å². The van der Waals surface area contributed by atoms with Gasteiger partial charge in [-0.15, -0.1) is 11.8 Å². The highest BCUT2D eigenvalue weighted by molar-refractivity contribution is 8.00. The van der Waals surface area contributed by atoms with Crippen molar-refractivity contribution in [3.63, 3.8) is 0 Å². The number of thioether (sulfide) groups is 1. The minimum atomic E-state index is -4.73. The maximum absolute atomic E-state index is 15.1. The highest BCUT2D eigenvalue weighted by Gasteiger charge is 2.32. The lowest BCUT2D eigenvalue weighted by Gasteiger charge is -2.20. The van der Waals surface area contributed by atoms with E-state index in [1.807, 2.05) is 17.4 Å². The third-order valence-electron chi connectivity index (χ3n) is 7.09. The van der Waals surface area contributed by atoms with Gasteiger partial charge in [-0.05, 0) is 42.0 Å². The summed E-state index contributed by atoms with van der Waals surface area (Å²) in [6.45, 7) is 2.80. The van der Waals surface area contributed by atoms with Crippen molar-refractivity contribution in [2.24, 2.45) is 0 Å². The number of carbonyl (C=O) groups is 2. The number of halogens is 5. The number of urea groups is 1. The van der Waals surface area contributed by atoms with Crippen LogP contribution in [0.4, 0.5) is 38.1 Å². The monoisotopic (exact) mass is 673 g/mol. The van der Waals surface area contributed by atoms with E-state index in [1.165, 1.54) is 30.8 Å². The maximum atomic E-state index is 15.1. The lowest BCUT2D eigenvalue weighted by molar-refractivity contribution is -0.137. The summed E-state index contributed by atoms with van der Waals surface area (Å²) in [4.78, 5) is 35.7. The predicted octanol–water partition coefficient (Wildman–Crippen LogP) is 7.59. The number of nitrogens with one attached hydrogen (secondary N) is 2. The van der Waals surface area contributed by atoms with Gasteiger partial charge in [-0.1, -0.05) is 6.07 Å². The Bertz CT molecular complexity index is 1770. The number of pyridine rings is 2. The van der Waals surface area contributed by atoms with Crippen LogP contribution in [0.25, 0.3) is 0 Å². The second kappa shape index (κ2) is 14.3. The average molecular weight is 674 g/mol. The lowest BCUT2D eigenvalue weighted by atomic mass is 10.1. The number of rotatable bonds is 10. The Morgan fingerprint density at radius 3 is 2.49 bits per heavy atom. The van der Waals surface area contributed by atoms with Gasteiger partial charge in [0.2, 0.25) is 5.91 Å². The van der Waals surface area contributed by atoms with Gasteiger partial charge in [0.25, 0.3) is 0 Å². The van der Waals surface area contributed by atoms with E-state index < -0.39 is 35.1 Å². The minimum absolute atomic E-state index is 0.0474. The Morgan fingerprint density at radius 1 is 1.00 bits per heavy atom. The second-order valence-electron chi connectivity index (χ2n) is 10.4. The Kier molecular flexibility index (Phi) is 10.3. The highest BCUT2D eigenvalue weighted by atomic mass is 32.2. The molecular weight excluding hydrogens is 645 g/mol. The van der Waals surface area contributed by atoms with Crippen molar-refractivity contribution in [2.45, 2.75) is 36.2 Å². The summed E-state index contributed by atoms with van der Waals surface area (Å²) < 4.78 is 78.9. The molecule has 0 aliphatic carbocycles. The van der Waals surface area contributed by atoms with Crippen molar-refractivity contribution in [3.8, 4) is 11.5 Å². The summed E-state index contributed by atoms with van der Waals surface area (Å²) in [5.41, 5.74) is 0.547. The number of methoxy groups -OCH3 is 1. The molecule has 246 valence electrons. The van der Waals surface area contributed by atoms with Crippen molar-refractivity contribution in [1.29, 1.82) is 0 Å². The minimum Gasteiger partial charge on any atom is -0.453 e. The van der Waals surface area contributed by atoms with E-state index in [4.69, 9.17) is 9.47 Å². The standard InChI is InChI=1S/C32H28F5N5O4S/c1-18(43)42(11-12-45-2)17-19-3-7-24(39-16-19)29-15-26-30(47-29)28(9-10-38-26)46-27-8-5-21(14-23(27)34)40-31(44)41-25-13-20(32(35,36)37)4-6-22(25)33/h3-10,13-14,16,29H,11-12,15,17H2,1-2H3,(H2,40,41,44). The number of ether oxygens (including phenoxy) is 2. The topological polar surface area (TPSA) is 106 Å². The summed E-state index contributed by atoms with van der Waals surface area (Å²) in [5.74, 6) is -1.75. The van der Waals surface area contributed by atoms with E-state index >= 15 is 4.39 Å². The van der Waals surface area contributed by atoms with Crippen molar-refractivity contribution in [3.05, 3.63) is 101 Å². The van der Waals surface area contributed by atoms with Crippen LogP contribution in [0.1, 0.15) is 34.7 Å². The smallest absolute Gasteiger partial charge is 0.416 e. The molecule has 0 radical (unpaired) electrons. The summed E-state index contributed by atoms with van der Waals surface area (Å²) in [6, 6.07) is 9.50. The largest absolute Gasteiger partial charge is 0.453 e. The molecule has 0 saturated carbocycles. The first-order valence-corrected chi connectivity index (χ1v) is 15.0. The number of anilines is 2. The quantitative estimate of drug-likeness (QED) is 0.167. The van der Waals surface area contributed by atoms with Crippen LogP contribution in [0.2, 0.25) is 0 Å². The van der Waals surface area contributed by atoms with Gasteiger partial charge in [0.15, 0.2) is 11.6 Å². The molecule has 0 spiro atoms. The van der Waals surface area contributed by atoms with Crippen LogP contribution < -0.4 is 15.4 Å². The molecule has 1 aliphatic rings. The molecule has 4 aromatic rings. The van der Waals surface area contributed by atoms with Crippen LogP contribution in [0, 0.1) is 11.6 Å². The van der Waals surface area contributed by atoms with Gasteiger partial charge in [0, 0.05) is 63.8 Å². The molecule has 0 fully saturated rings. The molecule has 2 N–H and O–H groups in total. The predicted molar refractivity (Wildman–Crippen MR) is 164 cm³/mol. The lowest BCUT2D eigenvalue weighted by Crippen LogP contribution is -2.31. The molecule has 2 aromatic carbocycles. The zero-order valence-corrected chi connectivity index (χ0v) is 25.8. The number of fused-ring (bicyclic) bond motifs is 1. The van der Waals surface area contributed by atoms with E-state index in [-0.39, 0.29) is 22.6 Å². The fraction of sp³-hybridized carbons (Fsp3) is 0.250. The molecule has 1 aliphatic heterocycles. The van der Waals surface area contributed by atoms with Crippen LogP contribution in [-0.4, -0.2) is 47.1 Å². The van der Waals surface area contributed by atoms with Gasteiger partial charge < -0.3 is 25.0 Å². The maximum Gasteiger partial charge on any atom is 0.416 e. The first-order chi connectivity index (χ1) is 22.4. The number of aromatic nitrogens is 2. The summed E-state index contributed by atoms with van der Waals surface area (Å²) in [6.07, 6.45) is -0.895. The van der Waals surface area contributed by atoms with Crippen LogP contribution in [0.15, 0.2) is 71.9 Å². The van der Waals surface area contributed by atoms with E-state index in [1.54, 1.807) is 30.5 Å². The van der Waals surface area contributed by atoms with Gasteiger partial charge in [0.05, 0.1) is 39.4 Å². The SMILES string of the molecule is COCCN(Cc1ccc(C2Cc3nccc(Oc4ccc(NC(=O)Nc5cc(C(F)(F)F)ccc5F)cc4F)c3S2)nc1)C(C)=O.